The molecular weight excluding hydrogens is 440 g/mol. The molecule has 5 heteroatoms. The van der Waals surface area contributed by atoms with Gasteiger partial charge in [0, 0.05) is 5.41 Å². The molecule has 5 rings (SSSR count). The summed E-state index contributed by atoms with van der Waals surface area (Å²) >= 11 is 0. The lowest BCUT2D eigenvalue weighted by molar-refractivity contribution is -0.193. The standard InChI is InChI=1S/C30H40O5/c1-5-34-26(33)29(4)15-9-14-28(3)22(29)13-17-30-19-27(2,16-12-23(28)30)24(31)21(30)18-35-25(32)20-10-7-6-8-11-20/h6-8,10-11,21-23H,5,9,12-19H2,1-4H3/t21-,22+,23+,27+,28-,29-,30-/m1/s1. The van der Waals surface area contributed by atoms with Crippen LogP contribution in [0.2, 0.25) is 0 Å². The second kappa shape index (κ2) is 8.45. The molecule has 2 bridgehead atoms. The lowest BCUT2D eigenvalue weighted by Crippen LogP contribution is -2.60. The van der Waals surface area contributed by atoms with Crippen LogP contribution in [0.25, 0.3) is 0 Å². The monoisotopic (exact) mass is 480 g/mol. The maximum Gasteiger partial charge on any atom is 0.338 e. The van der Waals surface area contributed by atoms with E-state index in [2.05, 4.69) is 20.8 Å². The minimum Gasteiger partial charge on any atom is -0.466 e. The van der Waals surface area contributed by atoms with Crippen molar-refractivity contribution in [3.05, 3.63) is 35.9 Å². The normalized spacial score (nSPS) is 42.1. The zero-order valence-corrected chi connectivity index (χ0v) is 21.7. The highest BCUT2D eigenvalue weighted by Gasteiger charge is 2.71. The van der Waals surface area contributed by atoms with Gasteiger partial charge < -0.3 is 9.47 Å². The van der Waals surface area contributed by atoms with E-state index >= 15 is 0 Å². The number of carbonyl (C=O) groups excluding carboxylic acids is 3. The maximum absolute atomic E-state index is 13.8. The van der Waals surface area contributed by atoms with E-state index in [9.17, 15) is 14.4 Å². The molecule has 0 aromatic heterocycles. The quantitative estimate of drug-likeness (QED) is 0.483. The molecule has 0 amide bonds. The Morgan fingerprint density at radius 2 is 1.66 bits per heavy atom. The fourth-order valence-corrected chi connectivity index (χ4v) is 9.36. The summed E-state index contributed by atoms with van der Waals surface area (Å²) < 4.78 is 11.4. The molecule has 190 valence electrons. The van der Waals surface area contributed by atoms with Gasteiger partial charge in [-0.15, -0.1) is 0 Å². The number of fused-ring (bicyclic) bond motifs is 3. The number of carbonyl (C=O) groups is 3. The Hall–Kier alpha value is -2.17. The van der Waals surface area contributed by atoms with Crippen molar-refractivity contribution < 1.29 is 23.9 Å². The Kier molecular flexibility index (Phi) is 5.92. The third-order valence-electron chi connectivity index (χ3n) is 10.8. The first kappa shape index (κ1) is 24.5. The molecule has 0 unspecified atom stereocenters. The van der Waals surface area contributed by atoms with Gasteiger partial charge in [-0.1, -0.05) is 38.5 Å². The largest absolute Gasteiger partial charge is 0.466 e. The lowest BCUT2D eigenvalue weighted by Gasteiger charge is -2.64. The van der Waals surface area contributed by atoms with Crippen molar-refractivity contribution in [2.45, 2.75) is 79.1 Å². The molecule has 4 aliphatic carbocycles. The molecular formula is C30H40O5. The molecule has 0 saturated heterocycles. The summed E-state index contributed by atoms with van der Waals surface area (Å²) in [6.07, 6.45) is 7.60. The number of hydrogen-bond acceptors (Lipinski definition) is 5. The van der Waals surface area contributed by atoms with Gasteiger partial charge in [-0.2, -0.15) is 0 Å². The molecule has 5 nitrogen and oxygen atoms in total. The molecule has 4 saturated carbocycles. The van der Waals surface area contributed by atoms with Crippen molar-refractivity contribution in [3.8, 4) is 0 Å². The zero-order valence-electron chi connectivity index (χ0n) is 21.7. The van der Waals surface area contributed by atoms with Gasteiger partial charge in [0.25, 0.3) is 0 Å². The lowest BCUT2D eigenvalue weighted by atomic mass is 9.39. The average Bonchev–Trinajstić information content (AvgIpc) is 2.98. The van der Waals surface area contributed by atoms with Crippen LogP contribution in [0, 0.1) is 39.4 Å². The number of ketones is 1. The van der Waals surface area contributed by atoms with Gasteiger partial charge in [0.2, 0.25) is 0 Å². The van der Waals surface area contributed by atoms with Crippen LogP contribution >= 0.6 is 0 Å². The number of Topliss-reactive ketones (excluding diaryl/α,β-unsaturated/α-hetero) is 1. The van der Waals surface area contributed by atoms with Crippen LogP contribution in [0.1, 0.15) is 89.4 Å². The minimum absolute atomic E-state index is 0.0222. The summed E-state index contributed by atoms with van der Waals surface area (Å²) in [5.74, 6) is 0.218. The van der Waals surface area contributed by atoms with Crippen molar-refractivity contribution in [2.75, 3.05) is 13.2 Å². The van der Waals surface area contributed by atoms with Crippen LogP contribution in [-0.4, -0.2) is 30.9 Å². The Morgan fingerprint density at radius 3 is 2.37 bits per heavy atom. The Labute approximate surface area is 209 Å². The van der Waals surface area contributed by atoms with Gasteiger partial charge in [0.1, 0.15) is 12.4 Å². The van der Waals surface area contributed by atoms with Crippen molar-refractivity contribution in [2.24, 2.45) is 39.4 Å². The third-order valence-corrected chi connectivity index (χ3v) is 10.8. The van der Waals surface area contributed by atoms with E-state index in [0.717, 1.165) is 51.4 Å². The SMILES string of the molecule is CCOC(=O)[C@]1(C)CCC[C@@]2(C)[C@@H]3CC[C@@]4(C)C[C@]3(CC[C@@H]21)[C@H](COC(=O)c1ccccc1)C4=O. The van der Waals surface area contributed by atoms with Gasteiger partial charge in [-0.05, 0) is 93.6 Å². The number of ether oxygens (including phenoxy) is 2. The van der Waals surface area contributed by atoms with Gasteiger partial charge in [0.15, 0.2) is 0 Å². The number of rotatable bonds is 5. The topological polar surface area (TPSA) is 69.7 Å². The fraction of sp³-hybridized carbons (Fsp3) is 0.700. The van der Waals surface area contributed by atoms with Crippen LogP contribution in [-0.2, 0) is 19.1 Å². The van der Waals surface area contributed by atoms with Crippen LogP contribution in [0.5, 0.6) is 0 Å². The van der Waals surface area contributed by atoms with Gasteiger partial charge >= 0.3 is 11.9 Å². The van der Waals surface area contributed by atoms with Crippen molar-refractivity contribution >= 4 is 17.7 Å². The smallest absolute Gasteiger partial charge is 0.338 e. The molecule has 1 aromatic carbocycles. The van der Waals surface area contributed by atoms with E-state index in [0.29, 0.717) is 18.1 Å². The summed E-state index contributed by atoms with van der Waals surface area (Å²) in [6.45, 7) is 9.09. The molecule has 0 heterocycles. The van der Waals surface area contributed by atoms with Gasteiger partial charge in [0.05, 0.1) is 23.5 Å². The van der Waals surface area contributed by atoms with E-state index in [4.69, 9.17) is 9.47 Å². The van der Waals surface area contributed by atoms with E-state index in [1.54, 1.807) is 12.1 Å². The van der Waals surface area contributed by atoms with Gasteiger partial charge in [-0.25, -0.2) is 4.79 Å². The number of hydrogen-bond donors (Lipinski definition) is 0. The molecule has 0 N–H and O–H groups in total. The van der Waals surface area contributed by atoms with Crippen LogP contribution in [0.15, 0.2) is 30.3 Å². The predicted molar refractivity (Wildman–Crippen MR) is 133 cm³/mol. The third kappa shape index (κ3) is 3.51. The van der Waals surface area contributed by atoms with Crippen LogP contribution < -0.4 is 0 Å². The van der Waals surface area contributed by atoms with E-state index in [-0.39, 0.29) is 52.4 Å². The second-order valence-corrected chi connectivity index (χ2v) is 12.5. The molecule has 1 spiro atoms. The molecule has 35 heavy (non-hydrogen) atoms. The molecule has 7 atom stereocenters. The highest BCUT2D eigenvalue weighted by molar-refractivity contribution is 5.92. The molecule has 0 aliphatic heterocycles. The Balaban J connectivity index is 1.46. The zero-order chi connectivity index (χ0) is 25.1. The predicted octanol–water partition coefficient (Wildman–Crippen LogP) is 6.00. The summed E-state index contributed by atoms with van der Waals surface area (Å²) in [4.78, 5) is 39.8. The van der Waals surface area contributed by atoms with Crippen molar-refractivity contribution in [3.63, 3.8) is 0 Å². The number of benzene rings is 1. The highest BCUT2D eigenvalue weighted by Crippen LogP contribution is 2.74. The number of esters is 2. The van der Waals surface area contributed by atoms with Crippen LogP contribution in [0.3, 0.4) is 0 Å². The molecule has 0 radical (unpaired) electrons. The maximum atomic E-state index is 13.8. The fourth-order valence-electron chi connectivity index (χ4n) is 9.36. The van der Waals surface area contributed by atoms with E-state index in [1.165, 1.54) is 0 Å². The summed E-state index contributed by atoms with van der Waals surface area (Å²) in [5, 5.41) is 0. The first-order valence-electron chi connectivity index (χ1n) is 13.5. The van der Waals surface area contributed by atoms with Crippen LogP contribution in [0.4, 0.5) is 0 Å². The highest BCUT2D eigenvalue weighted by atomic mass is 16.5. The Morgan fingerprint density at radius 1 is 0.943 bits per heavy atom. The first-order chi connectivity index (χ1) is 16.6. The minimum atomic E-state index is -0.469. The average molecular weight is 481 g/mol. The summed E-state index contributed by atoms with van der Waals surface area (Å²) in [6, 6.07) is 9.03. The van der Waals surface area contributed by atoms with Crippen molar-refractivity contribution in [1.29, 1.82) is 0 Å². The molecule has 4 aliphatic rings. The van der Waals surface area contributed by atoms with E-state index in [1.807, 2.05) is 25.1 Å². The molecule has 1 aromatic rings. The summed E-state index contributed by atoms with van der Waals surface area (Å²) in [5.41, 5.74) is -0.453. The van der Waals surface area contributed by atoms with E-state index < -0.39 is 5.41 Å². The summed E-state index contributed by atoms with van der Waals surface area (Å²) in [7, 11) is 0. The first-order valence-corrected chi connectivity index (χ1v) is 13.5. The van der Waals surface area contributed by atoms with Crippen molar-refractivity contribution in [1.82, 2.24) is 0 Å². The molecule has 4 fully saturated rings. The second-order valence-electron chi connectivity index (χ2n) is 12.5. The van der Waals surface area contributed by atoms with Gasteiger partial charge in [-0.3, -0.25) is 9.59 Å². The Bertz CT molecular complexity index is 1020.